The zero-order chi connectivity index (χ0) is 12.7. The molecule has 0 aliphatic rings. The lowest BCUT2D eigenvalue weighted by atomic mass is 10.1. The van der Waals surface area contributed by atoms with Crippen LogP contribution in [0, 0.1) is 13.8 Å². The number of benzene rings is 1. The first-order valence-electron chi connectivity index (χ1n) is 5.80. The third kappa shape index (κ3) is 1.62. The van der Waals surface area contributed by atoms with Gasteiger partial charge in [0.1, 0.15) is 0 Å². The number of para-hydroxylation sites is 1. The lowest BCUT2D eigenvalue weighted by Crippen LogP contribution is -2.15. The molecule has 0 bridgehead atoms. The van der Waals surface area contributed by atoms with Gasteiger partial charge in [-0.15, -0.1) is 0 Å². The fourth-order valence-electron chi connectivity index (χ4n) is 2.13. The monoisotopic (exact) mass is 239 g/mol. The number of aromatic nitrogens is 3. The number of rotatable bonds is 1. The molecular formula is C14H13N3O. The van der Waals surface area contributed by atoms with Crippen molar-refractivity contribution in [1.82, 2.24) is 14.8 Å². The largest absolute Gasteiger partial charge is 0.294 e. The number of aromatic amines is 1. The van der Waals surface area contributed by atoms with Gasteiger partial charge in [0.15, 0.2) is 5.82 Å². The Morgan fingerprint density at radius 2 is 1.94 bits per heavy atom. The van der Waals surface area contributed by atoms with E-state index in [0.717, 1.165) is 22.2 Å². The Morgan fingerprint density at radius 3 is 2.67 bits per heavy atom. The Morgan fingerprint density at radius 1 is 1.17 bits per heavy atom. The maximum Gasteiger partial charge on any atom is 0.272 e. The van der Waals surface area contributed by atoms with Crippen molar-refractivity contribution in [2.45, 2.75) is 13.8 Å². The van der Waals surface area contributed by atoms with Crippen LogP contribution in [0.2, 0.25) is 0 Å². The summed E-state index contributed by atoms with van der Waals surface area (Å²) in [5, 5.41) is 4.10. The van der Waals surface area contributed by atoms with Crippen LogP contribution in [0.15, 0.2) is 41.2 Å². The Kier molecular flexibility index (Phi) is 2.30. The van der Waals surface area contributed by atoms with Crippen LogP contribution in [0.25, 0.3) is 16.7 Å². The Labute approximate surface area is 104 Å². The summed E-state index contributed by atoms with van der Waals surface area (Å²) in [4.78, 5) is 16.3. The van der Waals surface area contributed by atoms with E-state index in [1.54, 1.807) is 6.07 Å². The zero-order valence-corrected chi connectivity index (χ0v) is 10.3. The topological polar surface area (TPSA) is 50.7 Å². The second-order valence-corrected chi connectivity index (χ2v) is 4.43. The van der Waals surface area contributed by atoms with Gasteiger partial charge >= 0.3 is 0 Å². The number of nitrogens with one attached hydrogen (secondary N) is 1. The molecule has 18 heavy (non-hydrogen) atoms. The molecule has 0 radical (unpaired) electrons. The maximum absolute atomic E-state index is 11.8. The molecule has 0 aliphatic carbocycles. The van der Waals surface area contributed by atoms with Crippen molar-refractivity contribution in [1.29, 1.82) is 0 Å². The van der Waals surface area contributed by atoms with E-state index in [9.17, 15) is 4.79 Å². The van der Waals surface area contributed by atoms with E-state index in [4.69, 9.17) is 0 Å². The van der Waals surface area contributed by atoms with Crippen molar-refractivity contribution in [3.05, 3.63) is 58.0 Å². The summed E-state index contributed by atoms with van der Waals surface area (Å²) >= 11 is 0. The van der Waals surface area contributed by atoms with Crippen LogP contribution >= 0.6 is 0 Å². The lowest BCUT2D eigenvalue weighted by Gasteiger charge is -2.06. The first kappa shape index (κ1) is 10.8. The number of H-pyrrole nitrogens is 1. The molecule has 2 aromatic heterocycles. The number of nitrogens with zero attached hydrogens (tertiary/aromatic N) is 2. The molecule has 3 aromatic rings. The highest BCUT2D eigenvalue weighted by molar-refractivity contribution is 5.82. The third-order valence-electron chi connectivity index (χ3n) is 2.99. The molecule has 0 spiro atoms. The average molecular weight is 239 g/mol. The number of fused-ring (bicyclic) bond motifs is 1. The summed E-state index contributed by atoms with van der Waals surface area (Å²) in [5.41, 5.74) is 2.74. The van der Waals surface area contributed by atoms with Crippen LogP contribution in [0.5, 0.6) is 0 Å². The van der Waals surface area contributed by atoms with Gasteiger partial charge in [-0.2, -0.15) is 0 Å². The van der Waals surface area contributed by atoms with E-state index >= 15 is 0 Å². The number of aryl methyl sites for hydroxylation is 2. The predicted molar refractivity (Wildman–Crippen MR) is 71.2 cm³/mol. The van der Waals surface area contributed by atoms with Gasteiger partial charge in [-0.05, 0) is 31.5 Å². The van der Waals surface area contributed by atoms with E-state index in [2.05, 4.69) is 10.1 Å². The molecular weight excluding hydrogens is 226 g/mol. The van der Waals surface area contributed by atoms with Crippen LogP contribution < -0.4 is 5.56 Å². The van der Waals surface area contributed by atoms with Gasteiger partial charge in [-0.1, -0.05) is 18.2 Å². The zero-order valence-electron chi connectivity index (χ0n) is 10.3. The highest BCUT2D eigenvalue weighted by Gasteiger charge is 2.07. The first-order chi connectivity index (χ1) is 8.65. The van der Waals surface area contributed by atoms with Gasteiger partial charge in [0, 0.05) is 17.1 Å². The third-order valence-corrected chi connectivity index (χ3v) is 2.99. The van der Waals surface area contributed by atoms with Crippen LogP contribution in [0.3, 0.4) is 0 Å². The van der Waals surface area contributed by atoms with Crippen LogP contribution in [0.1, 0.15) is 11.3 Å². The first-order valence-corrected chi connectivity index (χ1v) is 5.80. The average Bonchev–Trinajstić information content (AvgIpc) is 2.68. The van der Waals surface area contributed by atoms with Crippen molar-refractivity contribution < 1.29 is 0 Å². The number of pyridine rings is 1. The molecule has 0 unspecified atom stereocenters. The molecule has 0 amide bonds. The fourth-order valence-corrected chi connectivity index (χ4v) is 2.13. The van der Waals surface area contributed by atoms with Crippen molar-refractivity contribution in [3.63, 3.8) is 0 Å². The van der Waals surface area contributed by atoms with E-state index in [1.165, 1.54) is 4.68 Å². The normalized spacial score (nSPS) is 11.0. The quantitative estimate of drug-likeness (QED) is 0.708. The molecule has 1 N–H and O–H groups in total. The molecule has 2 heterocycles. The Balaban J connectivity index is 2.31. The van der Waals surface area contributed by atoms with Gasteiger partial charge in [0.2, 0.25) is 0 Å². The summed E-state index contributed by atoms with van der Waals surface area (Å²) < 4.78 is 1.47. The molecule has 0 saturated heterocycles. The maximum atomic E-state index is 11.8. The molecule has 4 heteroatoms. The second kappa shape index (κ2) is 3.84. The standard InChI is InChI=1S/C14H13N3O/c1-9-7-13(17-14(18)8-10(2)16-17)15-12-6-4-3-5-11(9)12/h3-8,16H,1-2H3. The van der Waals surface area contributed by atoms with E-state index in [-0.39, 0.29) is 5.56 Å². The predicted octanol–water partition coefficient (Wildman–Crippen LogP) is 2.33. The summed E-state index contributed by atoms with van der Waals surface area (Å²) in [6.07, 6.45) is 0. The molecule has 4 nitrogen and oxygen atoms in total. The minimum absolute atomic E-state index is 0.0883. The van der Waals surface area contributed by atoms with Gasteiger partial charge in [0.25, 0.3) is 5.56 Å². The van der Waals surface area contributed by atoms with Gasteiger partial charge in [0.05, 0.1) is 5.52 Å². The van der Waals surface area contributed by atoms with Gasteiger partial charge < -0.3 is 0 Å². The van der Waals surface area contributed by atoms with Gasteiger partial charge in [-0.25, -0.2) is 9.67 Å². The van der Waals surface area contributed by atoms with Crippen LogP contribution in [0.4, 0.5) is 0 Å². The van der Waals surface area contributed by atoms with Crippen LogP contribution in [-0.4, -0.2) is 14.8 Å². The van der Waals surface area contributed by atoms with Crippen LogP contribution in [-0.2, 0) is 0 Å². The number of hydrogen-bond acceptors (Lipinski definition) is 2. The minimum atomic E-state index is -0.0883. The summed E-state index contributed by atoms with van der Waals surface area (Å²) in [7, 11) is 0. The molecule has 0 saturated carbocycles. The summed E-state index contributed by atoms with van der Waals surface area (Å²) in [5.74, 6) is 0.629. The fraction of sp³-hybridized carbons (Fsp3) is 0.143. The van der Waals surface area contributed by atoms with Crippen molar-refractivity contribution in [2.24, 2.45) is 0 Å². The van der Waals surface area contributed by atoms with Crippen molar-refractivity contribution in [3.8, 4) is 5.82 Å². The summed E-state index contributed by atoms with van der Waals surface area (Å²) in [6.45, 7) is 3.88. The molecule has 3 rings (SSSR count). The Bertz CT molecular complexity index is 783. The second-order valence-electron chi connectivity index (χ2n) is 4.43. The number of hydrogen-bond donors (Lipinski definition) is 1. The molecule has 1 aromatic carbocycles. The Hall–Kier alpha value is -2.36. The van der Waals surface area contributed by atoms with E-state index in [1.807, 2.05) is 44.2 Å². The molecule has 0 aliphatic heterocycles. The van der Waals surface area contributed by atoms with E-state index in [0.29, 0.717) is 5.82 Å². The lowest BCUT2D eigenvalue weighted by molar-refractivity contribution is 0.810. The molecule has 0 fully saturated rings. The highest BCUT2D eigenvalue weighted by Crippen LogP contribution is 2.18. The highest BCUT2D eigenvalue weighted by atomic mass is 16.1. The smallest absolute Gasteiger partial charge is 0.272 e. The molecule has 0 atom stereocenters. The SMILES string of the molecule is Cc1cc(=O)n(-c2cc(C)c3ccccc3n2)[nH]1. The van der Waals surface area contributed by atoms with Crippen molar-refractivity contribution >= 4 is 10.9 Å². The van der Waals surface area contributed by atoms with E-state index < -0.39 is 0 Å². The molecule has 90 valence electrons. The minimum Gasteiger partial charge on any atom is -0.294 e. The van der Waals surface area contributed by atoms with Gasteiger partial charge in [-0.3, -0.25) is 9.89 Å². The van der Waals surface area contributed by atoms with Crippen molar-refractivity contribution in [2.75, 3.05) is 0 Å². The summed E-state index contributed by atoms with van der Waals surface area (Å²) in [6, 6.07) is 11.4.